The number of rotatable bonds is 6. The van der Waals surface area contributed by atoms with Gasteiger partial charge >= 0.3 is 6.18 Å². The van der Waals surface area contributed by atoms with Crippen LogP contribution < -0.4 is 4.74 Å². The number of halogens is 3. The molecule has 0 saturated heterocycles. The first-order chi connectivity index (χ1) is 13.2. The number of pyridine rings is 1. The van der Waals surface area contributed by atoms with Crippen LogP contribution in [0.15, 0.2) is 41.7 Å². The highest BCUT2D eigenvalue weighted by Gasteiger charge is 2.29. The van der Waals surface area contributed by atoms with E-state index in [0.29, 0.717) is 16.4 Å². The van der Waals surface area contributed by atoms with E-state index < -0.39 is 23.6 Å². The number of para-hydroxylation sites is 2. The number of imidazole rings is 1. The van der Waals surface area contributed by atoms with Crippen LogP contribution in [0.4, 0.5) is 13.2 Å². The van der Waals surface area contributed by atoms with Crippen LogP contribution in [0.2, 0.25) is 0 Å². The summed E-state index contributed by atoms with van der Waals surface area (Å²) in [5.74, 6) is 0.113. The normalized spacial score (nSPS) is 13.2. The van der Waals surface area contributed by atoms with Crippen molar-refractivity contribution in [2.75, 3.05) is 6.61 Å². The smallest absolute Gasteiger partial charge is 0.422 e. The highest BCUT2D eigenvalue weighted by atomic mass is 32.2. The largest absolute Gasteiger partial charge is 0.484 e. The summed E-state index contributed by atoms with van der Waals surface area (Å²) >= 11 is 0. The Morgan fingerprint density at radius 3 is 2.61 bits per heavy atom. The van der Waals surface area contributed by atoms with Crippen molar-refractivity contribution in [1.82, 2.24) is 14.5 Å². The molecule has 28 heavy (non-hydrogen) atoms. The van der Waals surface area contributed by atoms with Crippen LogP contribution in [0, 0.1) is 6.92 Å². The molecule has 0 radical (unpaired) electrons. The van der Waals surface area contributed by atoms with Crippen molar-refractivity contribution in [1.29, 1.82) is 0 Å². The van der Waals surface area contributed by atoms with Crippen LogP contribution in [0.3, 0.4) is 0 Å². The lowest BCUT2D eigenvalue weighted by molar-refractivity contribution is -0.153. The summed E-state index contributed by atoms with van der Waals surface area (Å²) in [6.07, 6.45) is -3.07. The molecule has 0 N–H and O–H groups in total. The average Bonchev–Trinajstić information content (AvgIpc) is 3.01. The fraction of sp³-hybridized carbons (Fsp3) is 0.368. The first kappa shape index (κ1) is 20.3. The molecule has 0 fully saturated rings. The van der Waals surface area contributed by atoms with Gasteiger partial charge in [0, 0.05) is 17.8 Å². The molecular formula is C19H20F3N3O2S. The summed E-state index contributed by atoms with van der Waals surface area (Å²) in [7, 11) is -1.53. The summed E-state index contributed by atoms with van der Waals surface area (Å²) in [5.41, 5.74) is 2.48. The van der Waals surface area contributed by atoms with Crippen LogP contribution in [0.25, 0.3) is 11.0 Å². The molecule has 2 aromatic heterocycles. The van der Waals surface area contributed by atoms with Gasteiger partial charge in [0.2, 0.25) is 5.16 Å². The Balaban J connectivity index is 1.90. The van der Waals surface area contributed by atoms with Crippen molar-refractivity contribution in [2.45, 2.75) is 43.9 Å². The molecule has 5 nitrogen and oxygen atoms in total. The minimum Gasteiger partial charge on any atom is -0.484 e. The Hall–Kier alpha value is -2.42. The standard InChI is InChI=1S/C19H20F3N3O2S/c1-12(2)25-16-7-5-4-6-14(16)24-18(25)28(26)10-15-13(3)17(8-9-23-15)27-11-19(20,21)22/h4-9,12H,10-11H2,1-3H3. The van der Waals surface area contributed by atoms with Crippen molar-refractivity contribution >= 4 is 21.8 Å². The van der Waals surface area contributed by atoms with E-state index in [1.165, 1.54) is 12.3 Å². The zero-order valence-electron chi connectivity index (χ0n) is 15.7. The van der Waals surface area contributed by atoms with Crippen molar-refractivity contribution < 1.29 is 22.1 Å². The molecule has 3 rings (SSSR count). The zero-order chi connectivity index (χ0) is 20.5. The highest BCUT2D eigenvalue weighted by molar-refractivity contribution is 7.84. The van der Waals surface area contributed by atoms with Gasteiger partial charge in [0.1, 0.15) is 5.75 Å². The number of nitrogens with zero attached hydrogens (tertiary/aromatic N) is 3. The summed E-state index contributed by atoms with van der Waals surface area (Å²) in [6.45, 7) is 4.17. The summed E-state index contributed by atoms with van der Waals surface area (Å²) in [5, 5.41) is 0.416. The van der Waals surface area contributed by atoms with Crippen LogP contribution in [0.5, 0.6) is 5.75 Å². The molecule has 1 unspecified atom stereocenters. The minimum absolute atomic E-state index is 0.0328. The second kappa shape index (κ2) is 7.90. The number of benzene rings is 1. The van der Waals surface area contributed by atoms with E-state index in [1.54, 1.807) is 6.92 Å². The van der Waals surface area contributed by atoms with E-state index in [0.717, 1.165) is 11.0 Å². The topological polar surface area (TPSA) is 57.0 Å². The number of hydrogen-bond donors (Lipinski definition) is 0. The predicted molar refractivity (Wildman–Crippen MR) is 101 cm³/mol. The molecule has 150 valence electrons. The maximum absolute atomic E-state index is 13.1. The third-order valence-corrected chi connectivity index (χ3v) is 5.43. The molecule has 0 aliphatic carbocycles. The fourth-order valence-corrected chi connectivity index (χ4v) is 4.29. The molecule has 3 aromatic rings. The lowest BCUT2D eigenvalue weighted by atomic mass is 10.2. The first-order valence-electron chi connectivity index (χ1n) is 8.66. The number of aromatic nitrogens is 3. The summed E-state index contributed by atoms with van der Waals surface area (Å²) in [6, 6.07) is 8.93. The molecule has 0 aliphatic rings. The van der Waals surface area contributed by atoms with Gasteiger partial charge < -0.3 is 9.30 Å². The lowest BCUT2D eigenvalue weighted by Crippen LogP contribution is -2.20. The van der Waals surface area contributed by atoms with Gasteiger partial charge in [-0.25, -0.2) is 4.98 Å². The third kappa shape index (κ3) is 4.35. The van der Waals surface area contributed by atoms with Gasteiger partial charge in [0.15, 0.2) is 6.61 Å². The van der Waals surface area contributed by atoms with Gasteiger partial charge in [-0.1, -0.05) is 12.1 Å². The Labute approximate surface area is 163 Å². The van der Waals surface area contributed by atoms with Crippen molar-refractivity contribution in [3.05, 3.63) is 47.8 Å². The Bertz CT molecular complexity index is 1020. The molecule has 1 atom stereocenters. The molecular weight excluding hydrogens is 391 g/mol. The lowest BCUT2D eigenvalue weighted by Gasteiger charge is -2.14. The zero-order valence-corrected chi connectivity index (χ0v) is 16.5. The van der Waals surface area contributed by atoms with Crippen molar-refractivity contribution in [3.63, 3.8) is 0 Å². The quantitative estimate of drug-likeness (QED) is 0.596. The third-order valence-electron chi connectivity index (χ3n) is 4.20. The van der Waals surface area contributed by atoms with Crippen LogP contribution >= 0.6 is 0 Å². The maximum Gasteiger partial charge on any atom is 0.422 e. The molecule has 0 bridgehead atoms. The van der Waals surface area contributed by atoms with Crippen molar-refractivity contribution in [2.24, 2.45) is 0 Å². The van der Waals surface area contributed by atoms with E-state index in [2.05, 4.69) is 9.97 Å². The van der Waals surface area contributed by atoms with E-state index >= 15 is 0 Å². The average molecular weight is 411 g/mol. The number of ether oxygens (including phenoxy) is 1. The van der Waals surface area contributed by atoms with Gasteiger partial charge in [-0.15, -0.1) is 0 Å². The maximum atomic E-state index is 13.1. The number of fused-ring (bicyclic) bond motifs is 1. The van der Waals surface area contributed by atoms with E-state index in [4.69, 9.17) is 4.74 Å². The minimum atomic E-state index is -4.43. The van der Waals surface area contributed by atoms with Gasteiger partial charge in [-0.2, -0.15) is 13.2 Å². The Morgan fingerprint density at radius 1 is 1.21 bits per heavy atom. The molecule has 0 amide bonds. The van der Waals surface area contributed by atoms with Gasteiger partial charge in [0.25, 0.3) is 0 Å². The monoisotopic (exact) mass is 411 g/mol. The Kier molecular flexibility index (Phi) is 5.74. The van der Waals surface area contributed by atoms with E-state index in [9.17, 15) is 17.4 Å². The second-order valence-electron chi connectivity index (χ2n) is 6.62. The molecule has 1 aromatic carbocycles. The fourth-order valence-electron chi connectivity index (χ4n) is 2.89. The molecule has 0 saturated carbocycles. The van der Waals surface area contributed by atoms with Crippen LogP contribution in [-0.4, -0.2) is 31.5 Å². The summed E-state index contributed by atoms with van der Waals surface area (Å²) in [4.78, 5) is 8.69. The SMILES string of the molecule is Cc1c(OCC(F)(F)F)ccnc1CS(=O)c1nc2ccccc2n1C(C)C. The van der Waals surface area contributed by atoms with Gasteiger partial charge in [0.05, 0.1) is 33.3 Å². The molecule has 0 aliphatic heterocycles. The molecule has 0 spiro atoms. The van der Waals surface area contributed by atoms with Crippen molar-refractivity contribution in [3.8, 4) is 5.75 Å². The highest BCUT2D eigenvalue weighted by Crippen LogP contribution is 2.27. The van der Waals surface area contributed by atoms with Crippen LogP contribution in [0.1, 0.15) is 31.1 Å². The van der Waals surface area contributed by atoms with E-state index in [-0.39, 0.29) is 17.5 Å². The van der Waals surface area contributed by atoms with Gasteiger partial charge in [-0.05, 0) is 39.0 Å². The van der Waals surface area contributed by atoms with Crippen LogP contribution in [-0.2, 0) is 16.6 Å². The first-order valence-corrected chi connectivity index (χ1v) is 9.98. The molecule has 9 heteroatoms. The molecule has 2 heterocycles. The number of hydrogen-bond acceptors (Lipinski definition) is 4. The van der Waals surface area contributed by atoms with E-state index in [1.807, 2.05) is 42.7 Å². The second-order valence-corrected chi connectivity index (χ2v) is 7.97. The number of alkyl halides is 3. The van der Waals surface area contributed by atoms with Gasteiger partial charge in [-0.3, -0.25) is 9.19 Å². The predicted octanol–water partition coefficient (Wildman–Crippen LogP) is 4.57. The summed E-state index contributed by atoms with van der Waals surface area (Å²) < 4.78 is 57.1. The Morgan fingerprint density at radius 2 is 1.93 bits per heavy atom.